The summed E-state index contributed by atoms with van der Waals surface area (Å²) in [6, 6.07) is 5.11. The molecule has 1 fully saturated rings. The van der Waals surface area contributed by atoms with E-state index in [4.69, 9.17) is 15.2 Å². The van der Waals surface area contributed by atoms with Gasteiger partial charge in [0.25, 0.3) is 0 Å². The van der Waals surface area contributed by atoms with Crippen LogP contribution in [0.5, 0.6) is 5.75 Å². The van der Waals surface area contributed by atoms with Gasteiger partial charge in [-0.1, -0.05) is 6.07 Å². The summed E-state index contributed by atoms with van der Waals surface area (Å²) in [7, 11) is 1.51. The highest BCUT2D eigenvalue weighted by molar-refractivity contribution is 5.98. The Labute approximate surface area is 94.3 Å². The zero-order valence-electron chi connectivity index (χ0n) is 9.23. The highest BCUT2D eigenvalue weighted by Gasteiger charge is 2.25. The van der Waals surface area contributed by atoms with Gasteiger partial charge >= 0.3 is 5.97 Å². The van der Waals surface area contributed by atoms with Crippen LogP contribution < -0.4 is 10.5 Å². The van der Waals surface area contributed by atoms with Crippen molar-refractivity contribution in [3.8, 4) is 5.75 Å². The largest absolute Gasteiger partial charge is 0.496 e. The fourth-order valence-electron chi connectivity index (χ4n) is 1.64. The number of nitrogens with two attached hydrogens (primary N) is 1. The van der Waals surface area contributed by atoms with Gasteiger partial charge in [-0.25, -0.2) is 4.79 Å². The lowest BCUT2D eigenvalue weighted by molar-refractivity contribution is 0.00884. The SMILES string of the molecule is COc1cccc(N)c1C(=O)OC1CCC1. The van der Waals surface area contributed by atoms with Crippen LogP contribution in [0.25, 0.3) is 0 Å². The molecular weight excluding hydrogens is 206 g/mol. The number of methoxy groups -OCH3 is 1. The molecule has 1 aliphatic rings. The number of benzene rings is 1. The van der Waals surface area contributed by atoms with Gasteiger partial charge in [0, 0.05) is 5.69 Å². The van der Waals surface area contributed by atoms with Crippen molar-refractivity contribution in [1.82, 2.24) is 0 Å². The van der Waals surface area contributed by atoms with Crippen LogP contribution >= 0.6 is 0 Å². The molecule has 4 nitrogen and oxygen atoms in total. The minimum absolute atomic E-state index is 0.0526. The minimum Gasteiger partial charge on any atom is -0.496 e. The molecule has 86 valence electrons. The third-order valence-corrected chi connectivity index (χ3v) is 2.81. The van der Waals surface area contributed by atoms with Gasteiger partial charge in [-0.2, -0.15) is 0 Å². The number of hydrogen-bond donors (Lipinski definition) is 1. The fourth-order valence-corrected chi connectivity index (χ4v) is 1.64. The molecule has 4 heteroatoms. The molecule has 2 rings (SSSR count). The quantitative estimate of drug-likeness (QED) is 0.626. The van der Waals surface area contributed by atoms with Gasteiger partial charge in [0.2, 0.25) is 0 Å². The van der Waals surface area contributed by atoms with E-state index in [-0.39, 0.29) is 12.1 Å². The van der Waals surface area contributed by atoms with Crippen molar-refractivity contribution in [2.45, 2.75) is 25.4 Å². The van der Waals surface area contributed by atoms with E-state index in [1.54, 1.807) is 18.2 Å². The number of anilines is 1. The number of carbonyl (C=O) groups excluding carboxylic acids is 1. The predicted molar refractivity (Wildman–Crippen MR) is 60.5 cm³/mol. The molecule has 16 heavy (non-hydrogen) atoms. The van der Waals surface area contributed by atoms with Crippen molar-refractivity contribution < 1.29 is 14.3 Å². The molecule has 0 unspecified atom stereocenters. The van der Waals surface area contributed by atoms with Gasteiger partial charge in [-0.3, -0.25) is 0 Å². The zero-order chi connectivity index (χ0) is 11.5. The van der Waals surface area contributed by atoms with Crippen LogP contribution in [0.2, 0.25) is 0 Å². The Morgan fingerprint density at radius 1 is 1.44 bits per heavy atom. The standard InChI is InChI=1S/C12H15NO3/c1-15-10-7-3-6-9(13)11(10)12(14)16-8-4-2-5-8/h3,6-8H,2,4-5,13H2,1H3. The molecule has 0 spiro atoms. The summed E-state index contributed by atoms with van der Waals surface area (Å²) in [6.07, 6.45) is 3.07. The Bertz CT molecular complexity index is 399. The van der Waals surface area contributed by atoms with Gasteiger partial charge in [0.15, 0.2) is 0 Å². The van der Waals surface area contributed by atoms with Crippen molar-refractivity contribution in [1.29, 1.82) is 0 Å². The average Bonchev–Trinajstić information content (AvgIpc) is 2.22. The first-order valence-electron chi connectivity index (χ1n) is 5.36. The van der Waals surface area contributed by atoms with Crippen molar-refractivity contribution in [3.05, 3.63) is 23.8 Å². The summed E-state index contributed by atoms with van der Waals surface area (Å²) >= 11 is 0. The van der Waals surface area contributed by atoms with Crippen molar-refractivity contribution >= 4 is 11.7 Å². The second-order valence-electron chi connectivity index (χ2n) is 3.88. The van der Waals surface area contributed by atoms with Gasteiger partial charge in [-0.15, -0.1) is 0 Å². The van der Waals surface area contributed by atoms with Crippen LogP contribution in [0, 0.1) is 0 Å². The monoisotopic (exact) mass is 221 g/mol. The Hall–Kier alpha value is -1.71. The molecule has 0 radical (unpaired) electrons. The lowest BCUT2D eigenvalue weighted by atomic mass is 9.96. The second-order valence-corrected chi connectivity index (χ2v) is 3.88. The van der Waals surface area contributed by atoms with E-state index >= 15 is 0 Å². The minimum atomic E-state index is -0.389. The van der Waals surface area contributed by atoms with E-state index in [1.165, 1.54) is 7.11 Å². The normalized spacial score (nSPS) is 15.3. The van der Waals surface area contributed by atoms with Crippen LogP contribution in [0.1, 0.15) is 29.6 Å². The van der Waals surface area contributed by atoms with Gasteiger partial charge in [0.05, 0.1) is 7.11 Å². The van der Waals surface area contributed by atoms with E-state index in [0.29, 0.717) is 17.0 Å². The second kappa shape index (κ2) is 4.43. The molecule has 0 atom stereocenters. The van der Waals surface area contributed by atoms with Crippen LogP contribution in [-0.4, -0.2) is 19.2 Å². The van der Waals surface area contributed by atoms with Crippen molar-refractivity contribution in [3.63, 3.8) is 0 Å². The molecule has 0 bridgehead atoms. The summed E-state index contributed by atoms with van der Waals surface area (Å²) in [5, 5.41) is 0. The molecule has 1 saturated carbocycles. The summed E-state index contributed by atoms with van der Waals surface area (Å²) in [4.78, 5) is 11.9. The molecule has 1 aliphatic carbocycles. The summed E-state index contributed by atoms with van der Waals surface area (Å²) in [6.45, 7) is 0. The molecule has 0 saturated heterocycles. The number of esters is 1. The third kappa shape index (κ3) is 1.96. The van der Waals surface area contributed by atoms with E-state index in [2.05, 4.69) is 0 Å². The maximum absolute atomic E-state index is 11.9. The van der Waals surface area contributed by atoms with Crippen LogP contribution in [-0.2, 0) is 4.74 Å². The van der Waals surface area contributed by atoms with Crippen molar-refractivity contribution in [2.75, 3.05) is 12.8 Å². The summed E-state index contributed by atoms with van der Waals surface area (Å²) in [5.74, 6) is 0.0731. The van der Waals surface area contributed by atoms with E-state index in [9.17, 15) is 4.79 Å². The van der Waals surface area contributed by atoms with E-state index in [1.807, 2.05) is 0 Å². The molecule has 2 N–H and O–H groups in total. The maximum atomic E-state index is 11.9. The smallest absolute Gasteiger partial charge is 0.344 e. The number of hydrogen-bond acceptors (Lipinski definition) is 4. The van der Waals surface area contributed by atoms with Gasteiger partial charge < -0.3 is 15.2 Å². The number of nitrogen functional groups attached to an aromatic ring is 1. The van der Waals surface area contributed by atoms with Gasteiger partial charge in [0.1, 0.15) is 17.4 Å². The number of ether oxygens (including phenoxy) is 2. The Morgan fingerprint density at radius 3 is 2.75 bits per heavy atom. The number of carbonyl (C=O) groups is 1. The van der Waals surface area contributed by atoms with Crippen molar-refractivity contribution in [2.24, 2.45) is 0 Å². The molecule has 1 aromatic rings. The highest BCUT2D eigenvalue weighted by atomic mass is 16.5. The third-order valence-electron chi connectivity index (χ3n) is 2.81. The fraction of sp³-hybridized carbons (Fsp3) is 0.417. The maximum Gasteiger partial charge on any atom is 0.344 e. The zero-order valence-corrected chi connectivity index (χ0v) is 9.23. The Morgan fingerprint density at radius 2 is 2.19 bits per heavy atom. The molecule has 0 aromatic heterocycles. The lowest BCUT2D eigenvalue weighted by Gasteiger charge is -2.25. The highest BCUT2D eigenvalue weighted by Crippen LogP contribution is 2.28. The van der Waals surface area contributed by atoms with Crippen LogP contribution in [0.3, 0.4) is 0 Å². The average molecular weight is 221 g/mol. The first-order chi connectivity index (χ1) is 7.72. The first-order valence-corrected chi connectivity index (χ1v) is 5.36. The molecule has 0 aliphatic heterocycles. The Kier molecular flexibility index (Phi) is 2.99. The van der Waals surface area contributed by atoms with Crippen LogP contribution in [0.15, 0.2) is 18.2 Å². The summed E-state index contributed by atoms with van der Waals surface area (Å²) in [5.41, 5.74) is 6.47. The Balaban J connectivity index is 2.20. The first kappa shape index (κ1) is 10.8. The topological polar surface area (TPSA) is 61.5 Å². The van der Waals surface area contributed by atoms with E-state index < -0.39 is 0 Å². The lowest BCUT2D eigenvalue weighted by Crippen LogP contribution is -2.25. The number of rotatable bonds is 3. The van der Waals surface area contributed by atoms with Gasteiger partial charge in [-0.05, 0) is 31.4 Å². The molecular formula is C12H15NO3. The van der Waals surface area contributed by atoms with E-state index in [0.717, 1.165) is 19.3 Å². The molecule has 0 heterocycles. The summed E-state index contributed by atoms with van der Waals surface area (Å²) < 4.78 is 10.4. The molecule has 1 aromatic carbocycles. The van der Waals surface area contributed by atoms with Crippen LogP contribution in [0.4, 0.5) is 5.69 Å². The molecule has 0 amide bonds. The predicted octanol–water partition coefficient (Wildman–Crippen LogP) is 1.99.